The Labute approximate surface area is 229 Å². The van der Waals surface area contributed by atoms with E-state index in [2.05, 4.69) is 36.1 Å². The van der Waals surface area contributed by atoms with E-state index in [0.29, 0.717) is 65.8 Å². The molecule has 5 N–H and O–H groups in total. The number of hydrogen-bond acceptors (Lipinski definition) is 9. The lowest BCUT2D eigenvalue weighted by atomic mass is 10.2. The third-order valence-corrected chi connectivity index (χ3v) is 5.90. The molecule has 2 aromatic carbocycles. The number of aliphatic hydroxyl groups excluding tert-OH is 1. The summed E-state index contributed by atoms with van der Waals surface area (Å²) >= 11 is 0. The molecule has 11 nitrogen and oxygen atoms in total. The molecule has 1 amide bonds. The van der Waals surface area contributed by atoms with Gasteiger partial charge in [-0.2, -0.15) is 5.10 Å². The summed E-state index contributed by atoms with van der Waals surface area (Å²) in [6, 6.07) is 7.95. The molecule has 0 radical (unpaired) electrons. The highest BCUT2D eigenvalue weighted by molar-refractivity contribution is 5.93. The third kappa shape index (κ3) is 7.83. The van der Waals surface area contributed by atoms with Crippen LogP contribution in [-0.2, 0) is 11.2 Å². The molecule has 0 saturated heterocycles. The largest absolute Gasteiger partial charge is 0.493 e. The average Bonchev–Trinajstić information content (AvgIpc) is 3.35. The van der Waals surface area contributed by atoms with Crippen molar-refractivity contribution in [2.24, 2.45) is 0 Å². The number of amides is 1. The first-order chi connectivity index (χ1) is 19.3. The second-order valence-electron chi connectivity index (χ2n) is 9.00. The van der Waals surface area contributed by atoms with Crippen molar-refractivity contribution in [3.8, 4) is 11.5 Å². The fraction of sp³-hybridized carbons (Fsp3) is 0.333. The Hall–Kier alpha value is -4.36. The molecule has 0 spiro atoms. The summed E-state index contributed by atoms with van der Waals surface area (Å²) in [4.78, 5) is 21.0. The van der Waals surface area contributed by atoms with Crippen molar-refractivity contribution in [3.63, 3.8) is 0 Å². The van der Waals surface area contributed by atoms with Crippen molar-refractivity contribution >= 4 is 34.1 Å². The Bertz CT molecular complexity index is 1430. The zero-order chi connectivity index (χ0) is 28.5. The number of nitrogens with zero attached hydrogens (tertiary/aromatic N) is 3. The highest BCUT2D eigenvalue weighted by Gasteiger charge is 2.14. The molecule has 40 heavy (non-hydrogen) atoms. The number of aromatic nitrogens is 4. The Morgan fingerprint density at radius 1 is 1.10 bits per heavy atom. The molecule has 0 aliphatic carbocycles. The molecule has 0 aliphatic rings. The van der Waals surface area contributed by atoms with Crippen molar-refractivity contribution in [2.75, 3.05) is 37.4 Å². The number of hydrogen-bond donors (Lipinski definition) is 5. The second-order valence-corrected chi connectivity index (χ2v) is 9.00. The third-order valence-electron chi connectivity index (χ3n) is 5.90. The van der Waals surface area contributed by atoms with Crippen LogP contribution in [0.4, 0.5) is 26.1 Å². The van der Waals surface area contributed by atoms with Crippen LogP contribution in [0.1, 0.15) is 25.5 Å². The van der Waals surface area contributed by atoms with Crippen LogP contribution in [0.3, 0.4) is 0 Å². The van der Waals surface area contributed by atoms with E-state index in [0.717, 1.165) is 24.6 Å². The van der Waals surface area contributed by atoms with Gasteiger partial charge in [-0.3, -0.25) is 9.89 Å². The number of ether oxygens (including phenoxy) is 2. The van der Waals surface area contributed by atoms with Gasteiger partial charge in [0, 0.05) is 41.5 Å². The van der Waals surface area contributed by atoms with E-state index in [-0.39, 0.29) is 18.2 Å². The standard InChI is InChI=1S/C27H31F2N7O4/c1-3-20(37)14-30-5-4-6-40-24-13-22-21(12-23(24)39-2)27(32-15-31-22)34-25-10-19(35-36-25)11-26(38)33-18-8-16(28)7-17(29)9-18/h7-10,12-13,15,20,30,37H,3-6,11,14H2,1-2H3,(H,33,38)(H2,31,32,34,35,36). The molecular formula is C27H31F2N7O4. The smallest absolute Gasteiger partial charge is 0.230 e. The molecule has 2 heterocycles. The maximum atomic E-state index is 13.4. The fourth-order valence-corrected chi connectivity index (χ4v) is 3.87. The number of H-pyrrole nitrogens is 1. The van der Waals surface area contributed by atoms with Crippen molar-refractivity contribution in [3.05, 3.63) is 60.1 Å². The molecule has 2 aromatic heterocycles. The lowest BCUT2D eigenvalue weighted by molar-refractivity contribution is -0.115. The number of nitrogens with one attached hydrogen (secondary N) is 4. The van der Waals surface area contributed by atoms with Crippen molar-refractivity contribution in [2.45, 2.75) is 32.3 Å². The first-order valence-corrected chi connectivity index (χ1v) is 12.8. The maximum absolute atomic E-state index is 13.4. The number of carbonyl (C=O) groups excluding carboxylic acids is 1. The summed E-state index contributed by atoms with van der Waals surface area (Å²) in [7, 11) is 1.54. The number of fused-ring (bicyclic) bond motifs is 1. The number of halogens is 2. The van der Waals surface area contributed by atoms with Gasteiger partial charge >= 0.3 is 0 Å². The summed E-state index contributed by atoms with van der Waals surface area (Å²) in [6.45, 7) is 3.64. The SMILES string of the molecule is CCC(O)CNCCCOc1cc2ncnc(Nc3cc(CC(=O)Nc4cc(F)cc(F)c4)[nH]n3)c2cc1OC. The molecule has 0 saturated carbocycles. The predicted molar refractivity (Wildman–Crippen MR) is 146 cm³/mol. The van der Waals surface area contributed by atoms with Gasteiger partial charge in [0.25, 0.3) is 0 Å². The molecule has 4 aromatic rings. The van der Waals surface area contributed by atoms with Gasteiger partial charge < -0.3 is 30.5 Å². The van der Waals surface area contributed by atoms with Crippen LogP contribution in [0, 0.1) is 11.6 Å². The Kier molecular flexibility index (Phi) is 9.76. The average molecular weight is 556 g/mol. The zero-order valence-electron chi connectivity index (χ0n) is 22.1. The van der Waals surface area contributed by atoms with Crippen LogP contribution in [0.5, 0.6) is 11.5 Å². The fourth-order valence-electron chi connectivity index (χ4n) is 3.87. The summed E-state index contributed by atoms with van der Waals surface area (Å²) in [6.07, 6.45) is 2.41. The quantitative estimate of drug-likeness (QED) is 0.147. The highest BCUT2D eigenvalue weighted by Crippen LogP contribution is 2.34. The summed E-state index contributed by atoms with van der Waals surface area (Å²) in [5, 5.41) is 26.0. The summed E-state index contributed by atoms with van der Waals surface area (Å²) < 4.78 is 38.2. The number of aliphatic hydroxyl groups is 1. The van der Waals surface area contributed by atoms with Gasteiger partial charge in [-0.05, 0) is 37.6 Å². The maximum Gasteiger partial charge on any atom is 0.230 e. The number of carbonyl (C=O) groups is 1. The first kappa shape index (κ1) is 28.6. The molecule has 0 fully saturated rings. The van der Waals surface area contributed by atoms with Crippen LogP contribution in [-0.4, -0.2) is 64.1 Å². The van der Waals surface area contributed by atoms with Gasteiger partial charge in [-0.15, -0.1) is 0 Å². The van der Waals surface area contributed by atoms with E-state index in [4.69, 9.17) is 9.47 Å². The van der Waals surface area contributed by atoms with E-state index < -0.39 is 17.5 Å². The van der Waals surface area contributed by atoms with Crippen LogP contribution in [0.15, 0.2) is 42.7 Å². The minimum absolute atomic E-state index is 0.0218. The normalized spacial score (nSPS) is 11.8. The van der Waals surface area contributed by atoms with E-state index in [1.165, 1.54) is 6.33 Å². The summed E-state index contributed by atoms with van der Waals surface area (Å²) in [5.74, 6) is -0.128. The highest BCUT2D eigenvalue weighted by atomic mass is 19.1. The first-order valence-electron chi connectivity index (χ1n) is 12.8. The predicted octanol–water partition coefficient (Wildman–Crippen LogP) is 3.69. The van der Waals surface area contributed by atoms with Gasteiger partial charge in [0.2, 0.25) is 5.91 Å². The van der Waals surface area contributed by atoms with Crippen molar-refractivity contribution in [1.29, 1.82) is 0 Å². The molecule has 212 valence electrons. The van der Waals surface area contributed by atoms with Crippen LogP contribution in [0.2, 0.25) is 0 Å². The van der Waals surface area contributed by atoms with Crippen molar-refractivity contribution in [1.82, 2.24) is 25.5 Å². The molecular weight excluding hydrogens is 524 g/mol. The van der Waals surface area contributed by atoms with Gasteiger partial charge in [-0.25, -0.2) is 18.7 Å². The van der Waals surface area contributed by atoms with Gasteiger partial charge in [0.05, 0.1) is 31.8 Å². The monoisotopic (exact) mass is 555 g/mol. The number of rotatable bonds is 14. The lowest BCUT2D eigenvalue weighted by Gasteiger charge is -2.14. The van der Waals surface area contributed by atoms with Crippen LogP contribution in [0.25, 0.3) is 10.9 Å². The minimum atomic E-state index is -0.785. The topological polar surface area (TPSA) is 146 Å². The van der Waals surface area contributed by atoms with Crippen LogP contribution < -0.4 is 25.4 Å². The molecule has 0 aliphatic heterocycles. The molecule has 1 atom stereocenters. The molecule has 13 heteroatoms. The number of aromatic amines is 1. The van der Waals surface area contributed by atoms with E-state index in [1.54, 1.807) is 25.3 Å². The Morgan fingerprint density at radius 3 is 2.65 bits per heavy atom. The Morgan fingerprint density at radius 2 is 1.90 bits per heavy atom. The van der Waals surface area contributed by atoms with Crippen LogP contribution >= 0.6 is 0 Å². The number of anilines is 3. The summed E-state index contributed by atoms with van der Waals surface area (Å²) in [5.41, 5.74) is 1.12. The Balaban J connectivity index is 1.38. The van der Waals surface area contributed by atoms with Gasteiger partial charge in [0.15, 0.2) is 17.3 Å². The number of methoxy groups -OCH3 is 1. The van der Waals surface area contributed by atoms with Crippen molar-refractivity contribution < 1.29 is 28.2 Å². The molecule has 0 bridgehead atoms. The zero-order valence-corrected chi connectivity index (χ0v) is 22.1. The van der Waals surface area contributed by atoms with Gasteiger partial charge in [-0.1, -0.05) is 6.92 Å². The van der Waals surface area contributed by atoms with E-state index >= 15 is 0 Å². The minimum Gasteiger partial charge on any atom is -0.493 e. The van der Waals surface area contributed by atoms with E-state index in [9.17, 15) is 18.7 Å². The molecule has 1 unspecified atom stereocenters. The van der Waals surface area contributed by atoms with Gasteiger partial charge in [0.1, 0.15) is 23.8 Å². The second kappa shape index (κ2) is 13.6. The number of benzene rings is 2. The van der Waals surface area contributed by atoms with E-state index in [1.807, 2.05) is 6.92 Å². The lowest BCUT2D eigenvalue weighted by Crippen LogP contribution is -2.27. The molecule has 4 rings (SSSR count).